The summed E-state index contributed by atoms with van der Waals surface area (Å²) in [4.78, 5) is 0. The predicted octanol–water partition coefficient (Wildman–Crippen LogP) is 5.20. The van der Waals surface area contributed by atoms with E-state index in [4.69, 9.17) is 4.74 Å². The quantitative estimate of drug-likeness (QED) is 0.607. The number of halogens is 2. The van der Waals surface area contributed by atoms with E-state index in [0.717, 1.165) is 28.7 Å². The fraction of sp³-hybridized carbons (Fsp3) is 0.625. The molecule has 0 bridgehead atoms. The molecule has 0 unspecified atom stereocenters. The zero-order valence-corrected chi connectivity index (χ0v) is 14.7. The normalized spacial score (nSPS) is 16.8. The molecule has 0 atom stereocenters. The Morgan fingerprint density at radius 2 is 1.89 bits per heavy atom. The second-order valence-corrected chi connectivity index (χ2v) is 6.76. The van der Waals surface area contributed by atoms with Gasteiger partial charge in [-0.05, 0) is 48.3 Å². The van der Waals surface area contributed by atoms with Crippen molar-refractivity contribution >= 4 is 31.9 Å². The largest absolute Gasteiger partial charge is 0.497 e. The molecule has 3 heteroatoms. The van der Waals surface area contributed by atoms with Crippen molar-refractivity contribution in [3.63, 3.8) is 0 Å². The van der Waals surface area contributed by atoms with Crippen LogP contribution in [0.1, 0.15) is 31.2 Å². The van der Waals surface area contributed by atoms with E-state index < -0.39 is 0 Å². The van der Waals surface area contributed by atoms with Crippen molar-refractivity contribution in [3.8, 4) is 5.75 Å². The first-order valence-electron chi connectivity index (χ1n) is 6.99. The van der Waals surface area contributed by atoms with Gasteiger partial charge in [0.15, 0.2) is 0 Å². The standard InChI is InChI=1S/C16H22Br2O/c1-19-15-8-4-5-13(9-15)10-16(11-17,12-18)14-6-2-3-7-14/h4-5,8-9,14H,2-3,6-7,10-12H2,1H3. The third-order valence-corrected chi connectivity index (χ3v) is 6.68. The van der Waals surface area contributed by atoms with Crippen molar-refractivity contribution in [2.24, 2.45) is 11.3 Å². The van der Waals surface area contributed by atoms with Gasteiger partial charge in [-0.25, -0.2) is 0 Å². The summed E-state index contributed by atoms with van der Waals surface area (Å²) in [7, 11) is 1.73. The molecule has 2 rings (SSSR count). The Hall–Kier alpha value is -0.0200. The van der Waals surface area contributed by atoms with E-state index in [1.165, 1.54) is 31.2 Å². The van der Waals surface area contributed by atoms with Crippen LogP contribution in [-0.4, -0.2) is 17.8 Å². The topological polar surface area (TPSA) is 9.23 Å². The number of benzene rings is 1. The summed E-state index contributed by atoms with van der Waals surface area (Å²) in [5.41, 5.74) is 1.72. The molecule has 106 valence electrons. The highest BCUT2D eigenvalue weighted by atomic mass is 79.9. The molecule has 0 N–H and O–H groups in total. The Balaban J connectivity index is 2.19. The molecule has 0 amide bonds. The van der Waals surface area contributed by atoms with Crippen molar-refractivity contribution in [2.75, 3.05) is 17.8 Å². The molecule has 0 saturated heterocycles. The molecule has 1 aliphatic rings. The third kappa shape index (κ3) is 3.55. The highest BCUT2D eigenvalue weighted by Gasteiger charge is 2.38. The van der Waals surface area contributed by atoms with Gasteiger partial charge in [0.1, 0.15) is 5.75 Å². The van der Waals surface area contributed by atoms with E-state index in [-0.39, 0.29) is 0 Å². The summed E-state index contributed by atoms with van der Waals surface area (Å²) in [5, 5.41) is 2.13. The number of methoxy groups -OCH3 is 1. The summed E-state index contributed by atoms with van der Waals surface area (Å²) in [6.07, 6.45) is 6.66. The lowest BCUT2D eigenvalue weighted by Gasteiger charge is -2.36. The number of ether oxygens (including phenoxy) is 1. The highest BCUT2D eigenvalue weighted by Crippen LogP contribution is 2.45. The van der Waals surface area contributed by atoms with Crippen LogP contribution in [-0.2, 0) is 6.42 Å². The van der Waals surface area contributed by atoms with Crippen LogP contribution in [0.4, 0.5) is 0 Å². The van der Waals surface area contributed by atoms with Gasteiger partial charge < -0.3 is 4.74 Å². The maximum Gasteiger partial charge on any atom is 0.119 e. The molecule has 19 heavy (non-hydrogen) atoms. The van der Waals surface area contributed by atoms with Gasteiger partial charge in [-0.3, -0.25) is 0 Å². The smallest absolute Gasteiger partial charge is 0.119 e. The lowest BCUT2D eigenvalue weighted by atomic mass is 9.73. The molecule has 0 radical (unpaired) electrons. The van der Waals surface area contributed by atoms with Gasteiger partial charge in [-0.15, -0.1) is 0 Å². The first kappa shape index (κ1) is 15.4. The molecule has 1 aliphatic carbocycles. The zero-order chi connectivity index (χ0) is 13.7. The predicted molar refractivity (Wildman–Crippen MR) is 88.7 cm³/mol. The summed E-state index contributed by atoms with van der Waals surface area (Å²) in [6.45, 7) is 0. The van der Waals surface area contributed by atoms with Crippen LogP contribution >= 0.6 is 31.9 Å². The molecule has 1 aromatic carbocycles. The van der Waals surface area contributed by atoms with E-state index in [0.29, 0.717) is 5.41 Å². The number of hydrogen-bond donors (Lipinski definition) is 0. The molecule has 0 aromatic heterocycles. The number of rotatable bonds is 6. The Labute approximate surface area is 133 Å². The van der Waals surface area contributed by atoms with Crippen molar-refractivity contribution in [2.45, 2.75) is 32.1 Å². The van der Waals surface area contributed by atoms with E-state index in [1.54, 1.807) is 7.11 Å². The number of hydrogen-bond acceptors (Lipinski definition) is 1. The minimum atomic E-state index is 0.336. The molecule has 1 saturated carbocycles. The van der Waals surface area contributed by atoms with Gasteiger partial charge in [0.25, 0.3) is 0 Å². The monoisotopic (exact) mass is 388 g/mol. The second kappa shape index (κ2) is 7.12. The molecule has 1 nitrogen and oxygen atoms in total. The van der Waals surface area contributed by atoms with Crippen molar-refractivity contribution < 1.29 is 4.74 Å². The van der Waals surface area contributed by atoms with Crippen molar-refractivity contribution in [1.29, 1.82) is 0 Å². The van der Waals surface area contributed by atoms with Crippen LogP contribution in [0.2, 0.25) is 0 Å². The fourth-order valence-electron chi connectivity index (χ4n) is 3.22. The fourth-order valence-corrected chi connectivity index (χ4v) is 5.46. The minimum absolute atomic E-state index is 0.336. The van der Waals surface area contributed by atoms with Crippen molar-refractivity contribution in [1.82, 2.24) is 0 Å². The van der Waals surface area contributed by atoms with Crippen LogP contribution < -0.4 is 4.74 Å². The van der Waals surface area contributed by atoms with E-state index in [1.807, 2.05) is 6.07 Å². The van der Waals surface area contributed by atoms with Crippen LogP contribution in [0.5, 0.6) is 5.75 Å². The molecule has 0 spiro atoms. The molecular weight excluding hydrogens is 368 g/mol. The molecule has 1 fully saturated rings. The summed E-state index contributed by atoms with van der Waals surface area (Å²) in [6, 6.07) is 8.51. The Kier molecular flexibility index (Phi) is 5.76. The lowest BCUT2D eigenvalue weighted by molar-refractivity contribution is 0.233. The number of alkyl halides is 2. The molecule has 0 heterocycles. The average Bonchev–Trinajstić information content (AvgIpc) is 3.00. The molecule has 1 aromatic rings. The minimum Gasteiger partial charge on any atom is -0.497 e. The second-order valence-electron chi connectivity index (χ2n) is 5.64. The molecule has 0 aliphatic heterocycles. The van der Waals surface area contributed by atoms with Crippen LogP contribution in [0.25, 0.3) is 0 Å². The van der Waals surface area contributed by atoms with Crippen molar-refractivity contribution in [3.05, 3.63) is 29.8 Å². The zero-order valence-electron chi connectivity index (χ0n) is 11.5. The van der Waals surface area contributed by atoms with Crippen LogP contribution in [0.3, 0.4) is 0 Å². The summed E-state index contributed by atoms with van der Waals surface area (Å²) < 4.78 is 5.34. The van der Waals surface area contributed by atoms with E-state index in [9.17, 15) is 0 Å². The average molecular weight is 390 g/mol. The van der Waals surface area contributed by atoms with E-state index in [2.05, 4.69) is 50.1 Å². The first-order chi connectivity index (χ1) is 9.24. The maximum atomic E-state index is 5.34. The Morgan fingerprint density at radius 3 is 2.47 bits per heavy atom. The maximum absolute atomic E-state index is 5.34. The van der Waals surface area contributed by atoms with Gasteiger partial charge in [0.2, 0.25) is 0 Å². The van der Waals surface area contributed by atoms with Gasteiger partial charge in [0.05, 0.1) is 7.11 Å². The highest BCUT2D eigenvalue weighted by molar-refractivity contribution is 9.09. The lowest BCUT2D eigenvalue weighted by Crippen LogP contribution is -2.35. The van der Waals surface area contributed by atoms with Gasteiger partial charge >= 0.3 is 0 Å². The van der Waals surface area contributed by atoms with Crippen LogP contribution in [0.15, 0.2) is 24.3 Å². The Morgan fingerprint density at radius 1 is 1.21 bits per heavy atom. The van der Waals surface area contributed by atoms with Gasteiger partial charge in [0, 0.05) is 10.7 Å². The SMILES string of the molecule is COc1cccc(CC(CBr)(CBr)C2CCCC2)c1. The first-order valence-corrected chi connectivity index (χ1v) is 9.23. The molecular formula is C16H22Br2O. The summed E-state index contributed by atoms with van der Waals surface area (Å²) >= 11 is 7.55. The van der Waals surface area contributed by atoms with Gasteiger partial charge in [-0.1, -0.05) is 56.8 Å². The summed E-state index contributed by atoms with van der Waals surface area (Å²) in [5.74, 6) is 1.79. The van der Waals surface area contributed by atoms with Gasteiger partial charge in [-0.2, -0.15) is 0 Å². The van der Waals surface area contributed by atoms with Crippen LogP contribution in [0, 0.1) is 11.3 Å². The van der Waals surface area contributed by atoms with E-state index >= 15 is 0 Å². The Bertz CT molecular complexity index is 395. The third-order valence-electron chi connectivity index (χ3n) is 4.44.